The van der Waals surface area contributed by atoms with Gasteiger partial charge in [-0.3, -0.25) is 9.10 Å². The molecule has 0 saturated heterocycles. The first-order chi connectivity index (χ1) is 15.8. The highest BCUT2D eigenvalue weighted by Crippen LogP contribution is 2.35. The molecule has 7 nitrogen and oxygen atoms in total. The lowest BCUT2D eigenvalue weighted by molar-refractivity contribution is -0.120. The van der Waals surface area contributed by atoms with E-state index in [-0.39, 0.29) is 22.1 Å². The Kier molecular flexibility index (Phi) is 7.55. The molecule has 0 aromatic heterocycles. The molecular formula is C24H25FN2O5S. The number of benzene rings is 3. The number of nitrogens with one attached hydrogen (secondary N) is 1. The largest absolute Gasteiger partial charge is 0.497 e. The topological polar surface area (TPSA) is 84.9 Å². The van der Waals surface area contributed by atoms with E-state index in [1.54, 1.807) is 49.4 Å². The molecule has 0 bridgehead atoms. The number of hydrogen-bond acceptors (Lipinski definition) is 5. The van der Waals surface area contributed by atoms with Crippen molar-refractivity contribution >= 4 is 21.6 Å². The first-order valence-electron chi connectivity index (χ1n) is 10.1. The lowest BCUT2D eigenvalue weighted by Gasteiger charge is -2.26. The Labute approximate surface area is 192 Å². The highest BCUT2D eigenvalue weighted by Gasteiger charge is 2.30. The van der Waals surface area contributed by atoms with Gasteiger partial charge in [-0.25, -0.2) is 12.8 Å². The van der Waals surface area contributed by atoms with Crippen LogP contribution < -0.4 is 19.1 Å². The molecule has 0 saturated carbocycles. The zero-order valence-corrected chi connectivity index (χ0v) is 19.3. The molecule has 0 aliphatic carbocycles. The van der Waals surface area contributed by atoms with Crippen molar-refractivity contribution in [2.75, 3.05) is 25.1 Å². The number of rotatable bonds is 9. The Hall–Kier alpha value is -3.59. The number of amides is 1. The summed E-state index contributed by atoms with van der Waals surface area (Å²) < 4.78 is 51.9. The fourth-order valence-electron chi connectivity index (χ4n) is 3.26. The van der Waals surface area contributed by atoms with Crippen molar-refractivity contribution in [2.24, 2.45) is 0 Å². The molecule has 0 aliphatic rings. The average molecular weight is 473 g/mol. The lowest BCUT2D eigenvalue weighted by atomic mass is 10.1. The van der Waals surface area contributed by atoms with Crippen molar-refractivity contribution in [2.45, 2.75) is 17.9 Å². The molecule has 0 fully saturated rings. The molecule has 0 radical (unpaired) electrons. The summed E-state index contributed by atoms with van der Waals surface area (Å²) in [5.74, 6) is -0.271. The molecule has 1 amide bonds. The summed E-state index contributed by atoms with van der Waals surface area (Å²) in [5, 5.41) is 2.77. The number of methoxy groups -OCH3 is 2. The van der Waals surface area contributed by atoms with Crippen LogP contribution in [0.1, 0.15) is 18.5 Å². The highest BCUT2D eigenvalue weighted by atomic mass is 32.2. The van der Waals surface area contributed by atoms with Gasteiger partial charge in [0.05, 0.1) is 30.8 Å². The third-order valence-electron chi connectivity index (χ3n) is 5.02. The second-order valence-corrected chi connectivity index (χ2v) is 9.07. The number of ether oxygens (including phenoxy) is 2. The molecule has 33 heavy (non-hydrogen) atoms. The van der Waals surface area contributed by atoms with Gasteiger partial charge in [0.2, 0.25) is 5.91 Å². The van der Waals surface area contributed by atoms with Gasteiger partial charge in [0, 0.05) is 6.07 Å². The van der Waals surface area contributed by atoms with E-state index in [0.29, 0.717) is 11.3 Å². The average Bonchev–Trinajstić information content (AvgIpc) is 2.83. The predicted octanol–water partition coefficient (Wildman–Crippen LogP) is 3.92. The van der Waals surface area contributed by atoms with Crippen molar-refractivity contribution in [1.29, 1.82) is 0 Å². The maximum Gasteiger partial charge on any atom is 0.264 e. The van der Waals surface area contributed by atoms with Crippen LogP contribution in [0.15, 0.2) is 77.7 Å². The summed E-state index contributed by atoms with van der Waals surface area (Å²) in [6.07, 6.45) is 0. The number of halogens is 1. The first-order valence-corrected chi connectivity index (χ1v) is 11.5. The van der Waals surface area contributed by atoms with E-state index in [4.69, 9.17) is 9.47 Å². The molecule has 1 atom stereocenters. The second-order valence-electron chi connectivity index (χ2n) is 7.20. The standard InChI is InChI=1S/C24H25FN2O5S/c1-17(18-9-11-19(25)12-10-18)26-24(28)16-27(33(29,30)21-7-5-4-6-8-21)22-15-20(31-2)13-14-23(22)32-3/h4-15,17H,16H2,1-3H3,(H,26,28). The van der Waals surface area contributed by atoms with Gasteiger partial charge in [-0.05, 0) is 48.9 Å². The molecule has 1 N–H and O–H groups in total. The van der Waals surface area contributed by atoms with Gasteiger partial charge >= 0.3 is 0 Å². The monoisotopic (exact) mass is 472 g/mol. The van der Waals surface area contributed by atoms with Crippen LogP contribution in [0, 0.1) is 5.82 Å². The summed E-state index contributed by atoms with van der Waals surface area (Å²) in [7, 11) is -1.26. The van der Waals surface area contributed by atoms with E-state index in [1.807, 2.05) is 0 Å². The minimum absolute atomic E-state index is 0.0225. The van der Waals surface area contributed by atoms with Crippen LogP contribution in [-0.2, 0) is 14.8 Å². The maximum atomic E-state index is 13.5. The number of nitrogens with zero attached hydrogens (tertiary/aromatic N) is 1. The number of sulfonamides is 1. The van der Waals surface area contributed by atoms with Crippen molar-refractivity contribution < 1.29 is 27.1 Å². The first kappa shape index (κ1) is 24.1. The van der Waals surface area contributed by atoms with Gasteiger partial charge in [-0.15, -0.1) is 0 Å². The Bertz CT molecular complexity index is 1200. The van der Waals surface area contributed by atoms with Gasteiger partial charge in [0.15, 0.2) is 0 Å². The van der Waals surface area contributed by atoms with Crippen LogP contribution in [0.2, 0.25) is 0 Å². The molecule has 9 heteroatoms. The van der Waals surface area contributed by atoms with E-state index in [0.717, 1.165) is 4.31 Å². The van der Waals surface area contributed by atoms with Crippen LogP contribution in [0.5, 0.6) is 11.5 Å². The highest BCUT2D eigenvalue weighted by molar-refractivity contribution is 7.92. The maximum absolute atomic E-state index is 13.5. The molecule has 0 aliphatic heterocycles. The Balaban J connectivity index is 1.97. The number of anilines is 1. The van der Waals surface area contributed by atoms with E-state index in [2.05, 4.69) is 5.32 Å². The van der Waals surface area contributed by atoms with Crippen LogP contribution >= 0.6 is 0 Å². The summed E-state index contributed by atoms with van der Waals surface area (Å²) in [6, 6.07) is 17.8. The van der Waals surface area contributed by atoms with Crippen LogP contribution in [-0.4, -0.2) is 35.1 Å². The number of hydrogen-bond donors (Lipinski definition) is 1. The molecular weight excluding hydrogens is 447 g/mol. The third kappa shape index (κ3) is 5.61. The Morgan fingerprint density at radius 1 is 1.00 bits per heavy atom. The molecule has 0 heterocycles. The van der Waals surface area contributed by atoms with Gasteiger partial charge in [-0.1, -0.05) is 30.3 Å². The number of carbonyl (C=O) groups excluding carboxylic acids is 1. The quantitative estimate of drug-likeness (QED) is 0.510. The van der Waals surface area contributed by atoms with Crippen molar-refractivity contribution in [1.82, 2.24) is 5.32 Å². The molecule has 174 valence electrons. The SMILES string of the molecule is COc1ccc(OC)c(N(CC(=O)NC(C)c2ccc(F)cc2)S(=O)(=O)c2ccccc2)c1. The van der Waals surface area contributed by atoms with Gasteiger partial charge < -0.3 is 14.8 Å². The fraction of sp³-hybridized carbons (Fsp3) is 0.208. The summed E-state index contributed by atoms with van der Waals surface area (Å²) in [6.45, 7) is 1.22. The van der Waals surface area contributed by atoms with Crippen LogP contribution in [0.4, 0.5) is 10.1 Å². The smallest absolute Gasteiger partial charge is 0.264 e. The van der Waals surface area contributed by atoms with Crippen molar-refractivity contribution in [3.8, 4) is 11.5 Å². The molecule has 1 unspecified atom stereocenters. The summed E-state index contributed by atoms with van der Waals surface area (Å²) in [5.41, 5.74) is 0.839. The van der Waals surface area contributed by atoms with E-state index in [9.17, 15) is 17.6 Å². The van der Waals surface area contributed by atoms with E-state index >= 15 is 0 Å². The molecule has 3 rings (SSSR count). The number of carbonyl (C=O) groups is 1. The van der Waals surface area contributed by atoms with Gasteiger partial charge in [0.1, 0.15) is 23.9 Å². The Morgan fingerprint density at radius 3 is 2.27 bits per heavy atom. The predicted molar refractivity (Wildman–Crippen MR) is 123 cm³/mol. The summed E-state index contributed by atoms with van der Waals surface area (Å²) >= 11 is 0. The van der Waals surface area contributed by atoms with Crippen molar-refractivity contribution in [3.05, 3.63) is 84.2 Å². The van der Waals surface area contributed by atoms with Crippen LogP contribution in [0.25, 0.3) is 0 Å². The molecule has 0 spiro atoms. The zero-order valence-electron chi connectivity index (χ0n) is 18.5. The minimum atomic E-state index is -4.13. The molecule has 3 aromatic rings. The third-order valence-corrected chi connectivity index (χ3v) is 6.79. The van der Waals surface area contributed by atoms with Gasteiger partial charge in [-0.2, -0.15) is 0 Å². The summed E-state index contributed by atoms with van der Waals surface area (Å²) in [4.78, 5) is 13.0. The second kappa shape index (κ2) is 10.4. The zero-order chi connectivity index (χ0) is 24.0. The van der Waals surface area contributed by atoms with Crippen LogP contribution in [0.3, 0.4) is 0 Å². The minimum Gasteiger partial charge on any atom is -0.497 e. The van der Waals surface area contributed by atoms with E-state index in [1.165, 1.54) is 44.6 Å². The lowest BCUT2D eigenvalue weighted by Crippen LogP contribution is -2.41. The molecule has 3 aromatic carbocycles. The fourth-order valence-corrected chi connectivity index (χ4v) is 4.71. The van der Waals surface area contributed by atoms with Crippen molar-refractivity contribution in [3.63, 3.8) is 0 Å². The van der Waals surface area contributed by atoms with E-state index < -0.39 is 28.5 Å². The Morgan fingerprint density at radius 2 is 1.67 bits per heavy atom. The van der Waals surface area contributed by atoms with Gasteiger partial charge in [0.25, 0.3) is 10.0 Å². The normalized spacial score (nSPS) is 12.0.